The van der Waals surface area contributed by atoms with E-state index in [0.717, 1.165) is 28.7 Å². The number of hydrogen-bond donors (Lipinski definition) is 2. The standard InChI is InChI=1S/C21H20ClN5O3S/c1-12(2)27(6-7-28)15-4-5-17(13(3)8-15)25-26-20-16(11-24)19(22)18(31-20)9-14(10-23)21(29)30/h4-5,8-9,12,28H,6-7H2,1-3H3,(H,29,30). The van der Waals surface area contributed by atoms with Crippen molar-refractivity contribution >= 4 is 51.4 Å². The molecule has 0 aliphatic carbocycles. The molecule has 1 heterocycles. The van der Waals surface area contributed by atoms with Gasteiger partial charge in [0, 0.05) is 18.3 Å². The number of halogens is 1. The van der Waals surface area contributed by atoms with E-state index in [1.807, 2.05) is 39.0 Å². The highest BCUT2D eigenvalue weighted by Gasteiger charge is 2.18. The van der Waals surface area contributed by atoms with E-state index in [-0.39, 0.29) is 33.1 Å². The number of carbonyl (C=O) groups is 1. The van der Waals surface area contributed by atoms with E-state index in [1.165, 1.54) is 0 Å². The van der Waals surface area contributed by atoms with Crippen molar-refractivity contribution in [2.24, 2.45) is 10.2 Å². The third-order valence-electron chi connectivity index (χ3n) is 4.32. The Labute approximate surface area is 188 Å². The summed E-state index contributed by atoms with van der Waals surface area (Å²) in [6.07, 6.45) is 1.11. The van der Waals surface area contributed by atoms with Crippen LogP contribution in [-0.2, 0) is 4.79 Å². The first-order valence-corrected chi connectivity index (χ1v) is 10.4. The van der Waals surface area contributed by atoms with Crippen LogP contribution in [0.1, 0.15) is 29.9 Å². The molecule has 0 spiro atoms. The molecule has 1 aromatic heterocycles. The van der Waals surface area contributed by atoms with Crippen molar-refractivity contribution in [3.05, 3.63) is 44.8 Å². The van der Waals surface area contributed by atoms with Gasteiger partial charge in [-0.15, -0.1) is 21.6 Å². The van der Waals surface area contributed by atoms with Crippen molar-refractivity contribution in [3.8, 4) is 12.1 Å². The van der Waals surface area contributed by atoms with Crippen LogP contribution in [0.25, 0.3) is 6.08 Å². The zero-order valence-electron chi connectivity index (χ0n) is 17.1. The molecule has 0 aliphatic heterocycles. The summed E-state index contributed by atoms with van der Waals surface area (Å²) in [6.45, 7) is 6.50. The maximum absolute atomic E-state index is 11.1. The van der Waals surface area contributed by atoms with E-state index < -0.39 is 11.5 Å². The zero-order valence-corrected chi connectivity index (χ0v) is 18.7. The molecule has 0 amide bonds. The van der Waals surface area contributed by atoms with Gasteiger partial charge in [0.15, 0.2) is 5.00 Å². The summed E-state index contributed by atoms with van der Waals surface area (Å²) in [5.41, 5.74) is 1.95. The van der Waals surface area contributed by atoms with Gasteiger partial charge < -0.3 is 15.1 Å². The minimum atomic E-state index is -1.39. The Morgan fingerprint density at radius 2 is 2.06 bits per heavy atom. The number of thiophene rings is 1. The summed E-state index contributed by atoms with van der Waals surface area (Å²) >= 11 is 7.15. The van der Waals surface area contributed by atoms with Crippen LogP contribution in [-0.4, -0.2) is 35.4 Å². The summed E-state index contributed by atoms with van der Waals surface area (Å²) in [6, 6.07) is 9.34. The number of carboxylic acid groups (broad SMARTS) is 1. The predicted molar refractivity (Wildman–Crippen MR) is 120 cm³/mol. The molecule has 0 saturated heterocycles. The molecule has 8 nitrogen and oxygen atoms in total. The molecule has 0 bridgehead atoms. The van der Waals surface area contributed by atoms with Crippen molar-refractivity contribution in [2.45, 2.75) is 26.8 Å². The van der Waals surface area contributed by atoms with Crippen LogP contribution in [0.4, 0.5) is 16.4 Å². The Bertz CT molecular complexity index is 1130. The van der Waals surface area contributed by atoms with Gasteiger partial charge in [-0.05, 0) is 50.6 Å². The number of nitrogens with zero attached hydrogens (tertiary/aromatic N) is 5. The first-order valence-electron chi connectivity index (χ1n) is 9.20. The van der Waals surface area contributed by atoms with Crippen molar-refractivity contribution in [1.29, 1.82) is 10.5 Å². The number of hydrogen-bond acceptors (Lipinski definition) is 8. The number of carboxylic acids is 1. The van der Waals surface area contributed by atoms with Crippen LogP contribution < -0.4 is 4.90 Å². The number of rotatable bonds is 8. The second kappa shape index (κ2) is 10.7. The Morgan fingerprint density at radius 3 is 2.58 bits per heavy atom. The zero-order chi connectivity index (χ0) is 23.1. The first-order chi connectivity index (χ1) is 14.7. The minimum Gasteiger partial charge on any atom is -0.477 e. The second-order valence-electron chi connectivity index (χ2n) is 6.73. The first kappa shape index (κ1) is 24.0. The molecule has 0 radical (unpaired) electrons. The lowest BCUT2D eigenvalue weighted by Gasteiger charge is -2.28. The van der Waals surface area contributed by atoms with Crippen LogP contribution in [0.2, 0.25) is 5.02 Å². The van der Waals surface area contributed by atoms with Gasteiger partial charge in [-0.1, -0.05) is 11.6 Å². The van der Waals surface area contributed by atoms with Crippen LogP contribution in [0, 0.1) is 29.6 Å². The molecular weight excluding hydrogens is 438 g/mol. The minimum absolute atomic E-state index is 0.0269. The van der Waals surface area contributed by atoms with Gasteiger partial charge in [0.05, 0.1) is 22.2 Å². The number of aliphatic carboxylic acids is 1. The van der Waals surface area contributed by atoms with Gasteiger partial charge >= 0.3 is 5.97 Å². The highest BCUT2D eigenvalue weighted by Crippen LogP contribution is 2.41. The maximum atomic E-state index is 11.1. The van der Waals surface area contributed by atoms with Crippen molar-refractivity contribution in [2.75, 3.05) is 18.1 Å². The molecule has 0 saturated carbocycles. The monoisotopic (exact) mass is 457 g/mol. The Balaban J connectivity index is 2.40. The quantitative estimate of drug-likeness (QED) is 0.318. The fraction of sp³-hybridized carbons (Fsp3) is 0.286. The van der Waals surface area contributed by atoms with Crippen LogP contribution in [0.5, 0.6) is 0 Å². The lowest BCUT2D eigenvalue weighted by Crippen LogP contribution is -2.33. The van der Waals surface area contributed by atoms with Gasteiger partial charge in [0.2, 0.25) is 0 Å². The molecule has 0 aliphatic rings. The molecule has 2 rings (SSSR count). The molecule has 0 atom stereocenters. The number of nitriles is 2. The van der Waals surface area contributed by atoms with Gasteiger partial charge in [-0.2, -0.15) is 10.5 Å². The molecule has 0 fully saturated rings. The van der Waals surface area contributed by atoms with Gasteiger partial charge in [0.1, 0.15) is 23.3 Å². The fourth-order valence-corrected chi connectivity index (χ4v) is 4.04. The normalized spacial score (nSPS) is 11.5. The molecule has 2 aromatic rings. The highest BCUT2D eigenvalue weighted by atomic mass is 35.5. The lowest BCUT2D eigenvalue weighted by atomic mass is 10.1. The van der Waals surface area contributed by atoms with Gasteiger partial charge in [0.25, 0.3) is 0 Å². The van der Waals surface area contributed by atoms with E-state index in [2.05, 4.69) is 15.1 Å². The molecule has 160 valence electrons. The Kier molecular flexibility index (Phi) is 8.29. The van der Waals surface area contributed by atoms with Crippen molar-refractivity contribution < 1.29 is 15.0 Å². The summed E-state index contributed by atoms with van der Waals surface area (Å²) in [5, 5.41) is 45.2. The molecule has 2 N–H and O–H groups in total. The number of anilines is 1. The lowest BCUT2D eigenvalue weighted by molar-refractivity contribution is -0.132. The number of azo groups is 1. The van der Waals surface area contributed by atoms with E-state index in [0.29, 0.717) is 12.2 Å². The number of aryl methyl sites for hydroxylation is 1. The number of aliphatic hydroxyl groups is 1. The number of benzene rings is 1. The summed E-state index contributed by atoms with van der Waals surface area (Å²) in [5.74, 6) is -1.39. The summed E-state index contributed by atoms with van der Waals surface area (Å²) in [4.78, 5) is 13.4. The smallest absolute Gasteiger partial charge is 0.346 e. The number of aliphatic hydroxyl groups excluding tert-OH is 1. The Hall–Kier alpha value is -3.24. The predicted octanol–water partition coefficient (Wildman–Crippen LogP) is 5.20. The Morgan fingerprint density at radius 1 is 1.35 bits per heavy atom. The molecule has 0 unspecified atom stereocenters. The molecule has 10 heteroatoms. The SMILES string of the molecule is Cc1cc(N(CCO)C(C)C)ccc1N=Nc1sc(C=C(C#N)C(=O)O)c(Cl)c1C#N. The average molecular weight is 458 g/mol. The van der Waals surface area contributed by atoms with Gasteiger partial charge in [-0.3, -0.25) is 0 Å². The average Bonchev–Trinajstić information content (AvgIpc) is 3.03. The van der Waals surface area contributed by atoms with Crippen LogP contribution >= 0.6 is 22.9 Å². The topological polar surface area (TPSA) is 133 Å². The molecular formula is C21H20ClN5O3S. The van der Waals surface area contributed by atoms with Crippen molar-refractivity contribution in [1.82, 2.24) is 0 Å². The van der Waals surface area contributed by atoms with Crippen LogP contribution in [0.15, 0.2) is 34.0 Å². The summed E-state index contributed by atoms with van der Waals surface area (Å²) < 4.78 is 0. The van der Waals surface area contributed by atoms with Crippen molar-refractivity contribution in [3.63, 3.8) is 0 Å². The highest BCUT2D eigenvalue weighted by molar-refractivity contribution is 7.17. The molecule has 31 heavy (non-hydrogen) atoms. The third-order valence-corrected chi connectivity index (χ3v) is 5.84. The molecule has 1 aromatic carbocycles. The summed E-state index contributed by atoms with van der Waals surface area (Å²) in [7, 11) is 0. The van der Waals surface area contributed by atoms with Crippen LogP contribution in [0.3, 0.4) is 0 Å². The maximum Gasteiger partial charge on any atom is 0.346 e. The van der Waals surface area contributed by atoms with E-state index in [4.69, 9.17) is 22.0 Å². The van der Waals surface area contributed by atoms with E-state index in [9.17, 15) is 15.2 Å². The third kappa shape index (κ3) is 5.68. The van der Waals surface area contributed by atoms with E-state index >= 15 is 0 Å². The van der Waals surface area contributed by atoms with Gasteiger partial charge in [-0.25, -0.2) is 4.79 Å². The second-order valence-corrected chi connectivity index (χ2v) is 8.14. The largest absolute Gasteiger partial charge is 0.477 e. The fourth-order valence-electron chi connectivity index (χ4n) is 2.77. The van der Waals surface area contributed by atoms with E-state index in [1.54, 1.807) is 12.1 Å².